The average molecular weight is 257 g/mol. The molecule has 2 N–H and O–H groups in total. The zero-order valence-electron chi connectivity index (χ0n) is 11.5. The summed E-state index contributed by atoms with van der Waals surface area (Å²) in [6, 6.07) is 11.6. The molecule has 19 heavy (non-hydrogen) atoms. The van der Waals surface area contributed by atoms with E-state index in [-0.39, 0.29) is 6.04 Å². The summed E-state index contributed by atoms with van der Waals surface area (Å²) in [6.45, 7) is 1.91. The number of nitrogens with zero attached hydrogens (tertiary/aromatic N) is 2. The number of anilines is 1. The van der Waals surface area contributed by atoms with Crippen molar-refractivity contribution in [3.63, 3.8) is 0 Å². The lowest BCUT2D eigenvalue weighted by atomic mass is 10.2. The van der Waals surface area contributed by atoms with E-state index in [0.717, 1.165) is 17.1 Å². The molecule has 1 aromatic carbocycles. The molecule has 4 heteroatoms. The van der Waals surface area contributed by atoms with Crippen LogP contribution in [0.3, 0.4) is 0 Å². The number of rotatable bonds is 4. The molecule has 1 atom stereocenters. The Morgan fingerprint density at radius 2 is 1.95 bits per heavy atom. The molecule has 0 saturated heterocycles. The molecule has 4 nitrogen and oxygen atoms in total. The molecule has 1 aromatic heterocycles. The molecule has 0 unspecified atom stereocenters. The number of aromatic nitrogens is 1. The zero-order chi connectivity index (χ0) is 13.8. The fourth-order valence-electron chi connectivity index (χ4n) is 1.68. The number of ether oxygens (including phenoxy) is 1. The van der Waals surface area contributed by atoms with E-state index < -0.39 is 0 Å². The number of benzene rings is 1. The Labute approximate surface area is 113 Å². The first-order chi connectivity index (χ1) is 9.06. The molecule has 0 fully saturated rings. The summed E-state index contributed by atoms with van der Waals surface area (Å²) >= 11 is 0. The third-order valence-electron chi connectivity index (χ3n) is 2.80. The Kier molecular flexibility index (Phi) is 4.02. The number of nitrogens with two attached hydrogens (primary N) is 1. The van der Waals surface area contributed by atoms with Crippen LogP contribution >= 0.6 is 0 Å². The van der Waals surface area contributed by atoms with Crippen LogP contribution in [0.15, 0.2) is 42.6 Å². The molecule has 0 aliphatic heterocycles. The van der Waals surface area contributed by atoms with Gasteiger partial charge in [0.2, 0.25) is 0 Å². The second kappa shape index (κ2) is 5.71. The first kappa shape index (κ1) is 13.4. The van der Waals surface area contributed by atoms with E-state index in [4.69, 9.17) is 10.5 Å². The van der Waals surface area contributed by atoms with Crippen molar-refractivity contribution in [1.82, 2.24) is 4.98 Å². The molecule has 0 bridgehead atoms. The van der Waals surface area contributed by atoms with E-state index in [0.29, 0.717) is 5.75 Å². The smallest absolute Gasteiger partial charge is 0.145 e. The summed E-state index contributed by atoms with van der Waals surface area (Å²) in [5.41, 5.74) is 7.71. The van der Waals surface area contributed by atoms with Crippen LogP contribution < -0.4 is 15.4 Å². The van der Waals surface area contributed by atoms with E-state index in [2.05, 4.69) is 4.98 Å². The summed E-state index contributed by atoms with van der Waals surface area (Å²) in [5.74, 6) is 1.50. The molecule has 1 heterocycles. The zero-order valence-corrected chi connectivity index (χ0v) is 11.5. The van der Waals surface area contributed by atoms with E-state index in [1.807, 2.05) is 62.3 Å². The lowest BCUT2D eigenvalue weighted by Crippen LogP contribution is -2.08. The highest BCUT2D eigenvalue weighted by Crippen LogP contribution is 2.25. The summed E-state index contributed by atoms with van der Waals surface area (Å²) < 4.78 is 5.77. The van der Waals surface area contributed by atoms with E-state index in [1.54, 1.807) is 6.20 Å². The topological polar surface area (TPSA) is 51.4 Å². The summed E-state index contributed by atoms with van der Waals surface area (Å²) in [6.07, 6.45) is 1.70. The van der Waals surface area contributed by atoms with Gasteiger partial charge in [0.05, 0.1) is 11.9 Å². The van der Waals surface area contributed by atoms with Gasteiger partial charge in [0.1, 0.15) is 11.5 Å². The minimum atomic E-state index is -0.0638. The van der Waals surface area contributed by atoms with E-state index in [1.165, 1.54) is 0 Å². The van der Waals surface area contributed by atoms with Crippen molar-refractivity contribution in [3.8, 4) is 11.5 Å². The highest BCUT2D eigenvalue weighted by Gasteiger charge is 2.03. The number of pyridine rings is 1. The van der Waals surface area contributed by atoms with E-state index in [9.17, 15) is 0 Å². The van der Waals surface area contributed by atoms with Crippen LogP contribution in [-0.4, -0.2) is 19.1 Å². The van der Waals surface area contributed by atoms with Crippen molar-refractivity contribution in [2.45, 2.75) is 13.0 Å². The lowest BCUT2D eigenvalue weighted by Gasteiger charge is -2.14. The number of hydrogen-bond donors (Lipinski definition) is 1. The van der Waals surface area contributed by atoms with Crippen LogP contribution in [0, 0.1) is 0 Å². The molecule has 0 radical (unpaired) electrons. The van der Waals surface area contributed by atoms with Crippen LogP contribution in [0.1, 0.15) is 18.7 Å². The van der Waals surface area contributed by atoms with Crippen molar-refractivity contribution in [3.05, 3.63) is 48.3 Å². The van der Waals surface area contributed by atoms with Crippen LogP contribution in [0.25, 0.3) is 0 Å². The van der Waals surface area contributed by atoms with Crippen LogP contribution in [0.2, 0.25) is 0 Å². The molecule has 0 aliphatic rings. The Morgan fingerprint density at radius 1 is 1.16 bits per heavy atom. The molecule has 2 rings (SSSR count). The molecule has 0 amide bonds. The molecule has 0 saturated carbocycles. The predicted octanol–water partition coefficient (Wildman–Crippen LogP) is 2.96. The van der Waals surface area contributed by atoms with Crippen LogP contribution in [0.4, 0.5) is 5.69 Å². The van der Waals surface area contributed by atoms with Crippen molar-refractivity contribution < 1.29 is 4.74 Å². The molecule has 100 valence electrons. The Morgan fingerprint density at radius 3 is 2.53 bits per heavy atom. The van der Waals surface area contributed by atoms with Crippen molar-refractivity contribution in [2.24, 2.45) is 5.73 Å². The first-order valence-electron chi connectivity index (χ1n) is 6.23. The number of hydrogen-bond acceptors (Lipinski definition) is 4. The van der Waals surface area contributed by atoms with Gasteiger partial charge in [-0.05, 0) is 31.2 Å². The largest absolute Gasteiger partial charge is 0.456 e. The first-order valence-corrected chi connectivity index (χ1v) is 6.23. The van der Waals surface area contributed by atoms with Gasteiger partial charge < -0.3 is 15.4 Å². The van der Waals surface area contributed by atoms with Gasteiger partial charge >= 0.3 is 0 Å². The van der Waals surface area contributed by atoms with E-state index >= 15 is 0 Å². The lowest BCUT2D eigenvalue weighted by molar-refractivity contribution is 0.479. The Bertz CT molecular complexity index is 535. The van der Waals surface area contributed by atoms with Crippen molar-refractivity contribution in [2.75, 3.05) is 19.0 Å². The Balaban J connectivity index is 2.14. The maximum absolute atomic E-state index is 5.77. The van der Waals surface area contributed by atoms with Crippen molar-refractivity contribution in [1.29, 1.82) is 0 Å². The fourth-order valence-corrected chi connectivity index (χ4v) is 1.68. The second-order valence-corrected chi connectivity index (χ2v) is 4.70. The maximum Gasteiger partial charge on any atom is 0.145 e. The van der Waals surface area contributed by atoms with Gasteiger partial charge in [-0.25, -0.2) is 0 Å². The van der Waals surface area contributed by atoms with Gasteiger partial charge in [-0.15, -0.1) is 0 Å². The van der Waals surface area contributed by atoms with Gasteiger partial charge in [0, 0.05) is 31.9 Å². The Hall–Kier alpha value is -2.07. The van der Waals surface area contributed by atoms with Crippen LogP contribution in [0.5, 0.6) is 11.5 Å². The summed E-state index contributed by atoms with van der Waals surface area (Å²) in [4.78, 5) is 6.30. The third kappa shape index (κ3) is 3.45. The summed E-state index contributed by atoms with van der Waals surface area (Å²) in [5, 5.41) is 0. The highest BCUT2D eigenvalue weighted by atomic mass is 16.5. The fraction of sp³-hybridized carbons (Fsp3) is 0.267. The van der Waals surface area contributed by atoms with Crippen LogP contribution in [-0.2, 0) is 0 Å². The van der Waals surface area contributed by atoms with Gasteiger partial charge in [-0.2, -0.15) is 0 Å². The quantitative estimate of drug-likeness (QED) is 0.915. The highest BCUT2D eigenvalue weighted by molar-refractivity contribution is 5.50. The molecule has 0 spiro atoms. The molecule has 0 aliphatic carbocycles. The second-order valence-electron chi connectivity index (χ2n) is 4.70. The molecular weight excluding hydrogens is 238 g/mol. The van der Waals surface area contributed by atoms with Gasteiger partial charge in [-0.3, -0.25) is 4.98 Å². The maximum atomic E-state index is 5.77. The minimum absolute atomic E-state index is 0.0638. The predicted molar refractivity (Wildman–Crippen MR) is 77.7 cm³/mol. The average Bonchev–Trinajstić information content (AvgIpc) is 2.39. The normalized spacial score (nSPS) is 12.0. The third-order valence-corrected chi connectivity index (χ3v) is 2.80. The molecule has 2 aromatic rings. The SMILES string of the molecule is C[C@H](N)c1ccc(Oc2cccc(N(C)C)c2)cn1. The molecular formula is C15H19N3O. The monoisotopic (exact) mass is 257 g/mol. The standard InChI is InChI=1S/C15H19N3O/c1-11(16)15-8-7-14(10-17-15)19-13-6-4-5-12(9-13)18(2)3/h4-11H,16H2,1-3H3/t11-/m0/s1. The van der Waals surface area contributed by atoms with Crippen molar-refractivity contribution >= 4 is 5.69 Å². The van der Waals surface area contributed by atoms with Gasteiger partial charge in [0.15, 0.2) is 0 Å². The van der Waals surface area contributed by atoms with Gasteiger partial charge in [-0.1, -0.05) is 6.07 Å². The summed E-state index contributed by atoms with van der Waals surface area (Å²) in [7, 11) is 4.00. The van der Waals surface area contributed by atoms with Gasteiger partial charge in [0.25, 0.3) is 0 Å². The minimum Gasteiger partial charge on any atom is -0.456 e.